The Labute approximate surface area is 139 Å². The van der Waals surface area contributed by atoms with Gasteiger partial charge in [-0.3, -0.25) is 4.79 Å². The highest BCUT2D eigenvalue weighted by atomic mass is 35.5. The minimum absolute atomic E-state index is 0.219. The summed E-state index contributed by atoms with van der Waals surface area (Å²) in [7, 11) is 1.66. The van der Waals surface area contributed by atoms with E-state index in [0.717, 1.165) is 0 Å². The number of hydrogen-bond donors (Lipinski definition) is 0. The van der Waals surface area contributed by atoms with Gasteiger partial charge in [0.05, 0.1) is 6.54 Å². The fraction of sp³-hybridized carbons (Fsp3) is 0.167. The topological polar surface area (TPSA) is 29.5 Å². The van der Waals surface area contributed by atoms with Crippen molar-refractivity contribution in [2.24, 2.45) is 0 Å². The number of ether oxygens (including phenoxy) is 1. The standard InChI is InChI=1S/C18H17ClFNO2/c1-21(11-12-23-16-7-4-6-15(19)13-16)18(22)10-9-14-5-2-3-8-17(14)20/h2-10,13H,11-12H2,1H3/b10-9+. The molecule has 23 heavy (non-hydrogen) atoms. The van der Waals surface area contributed by atoms with Crippen molar-refractivity contribution in [1.29, 1.82) is 0 Å². The van der Waals surface area contributed by atoms with Gasteiger partial charge < -0.3 is 9.64 Å². The molecule has 0 aliphatic rings. The van der Waals surface area contributed by atoms with E-state index in [1.165, 1.54) is 23.1 Å². The van der Waals surface area contributed by atoms with Crippen molar-refractivity contribution in [3.63, 3.8) is 0 Å². The average Bonchev–Trinajstić information content (AvgIpc) is 2.54. The van der Waals surface area contributed by atoms with Gasteiger partial charge >= 0.3 is 0 Å². The number of rotatable bonds is 6. The predicted octanol–water partition coefficient (Wildman–Crippen LogP) is 4.03. The zero-order chi connectivity index (χ0) is 16.7. The van der Waals surface area contributed by atoms with Gasteiger partial charge in [-0.15, -0.1) is 0 Å². The van der Waals surface area contributed by atoms with Crippen molar-refractivity contribution in [3.05, 3.63) is 71.0 Å². The highest BCUT2D eigenvalue weighted by Gasteiger charge is 2.05. The molecule has 0 bridgehead atoms. The third kappa shape index (κ3) is 5.42. The molecule has 0 N–H and O–H groups in total. The highest BCUT2D eigenvalue weighted by molar-refractivity contribution is 6.30. The summed E-state index contributed by atoms with van der Waals surface area (Å²) in [6.07, 6.45) is 2.81. The summed E-state index contributed by atoms with van der Waals surface area (Å²) in [5, 5.41) is 0.597. The van der Waals surface area contributed by atoms with Crippen LogP contribution in [0.25, 0.3) is 6.08 Å². The van der Waals surface area contributed by atoms with E-state index in [-0.39, 0.29) is 11.7 Å². The van der Waals surface area contributed by atoms with E-state index in [9.17, 15) is 9.18 Å². The molecule has 1 amide bonds. The number of carbonyl (C=O) groups excluding carboxylic acids is 1. The van der Waals surface area contributed by atoms with E-state index in [1.54, 1.807) is 49.5 Å². The van der Waals surface area contributed by atoms with Crippen LogP contribution in [0.3, 0.4) is 0 Å². The van der Waals surface area contributed by atoms with Gasteiger partial charge in [-0.1, -0.05) is 35.9 Å². The lowest BCUT2D eigenvalue weighted by Gasteiger charge is -2.15. The molecule has 0 unspecified atom stereocenters. The number of halogens is 2. The normalized spacial score (nSPS) is 10.7. The van der Waals surface area contributed by atoms with Crippen LogP contribution in [0.5, 0.6) is 5.75 Å². The number of likely N-dealkylation sites (N-methyl/N-ethyl adjacent to an activating group) is 1. The van der Waals surface area contributed by atoms with Crippen LogP contribution in [-0.2, 0) is 4.79 Å². The van der Waals surface area contributed by atoms with Crippen molar-refractivity contribution in [2.45, 2.75) is 0 Å². The van der Waals surface area contributed by atoms with Gasteiger partial charge in [0.25, 0.3) is 0 Å². The van der Waals surface area contributed by atoms with Crippen LogP contribution in [0.4, 0.5) is 4.39 Å². The Morgan fingerprint density at radius 2 is 2.04 bits per heavy atom. The lowest BCUT2D eigenvalue weighted by Crippen LogP contribution is -2.29. The molecular weight excluding hydrogens is 317 g/mol. The molecule has 3 nitrogen and oxygen atoms in total. The summed E-state index contributed by atoms with van der Waals surface area (Å²) >= 11 is 5.86. The van der Waals surface area contributed by atoms with Crippen molar-refractivity contribution >= 4 is 23.6 Å². The van der Waals surface area contributed by atoms with Crippen LogP contribution < -0.4 is 4.74 Å². The Bertz CT molecular complexity index is 703. The average molecular weight is 334 g/mol. The Hall–Kier alpha value is -2.33. The first-order chi connectivity index (χ1) is 11.1. The molecule has 0 fully saturated rings. The zero-order valence-electron chi connectivity index (χ0n) is 12.7. The molecule has 0 radical (unpaired) electrons. The second-order valence-corrected chi connectivity index (χ2v) is 5.36. The Balaban J connectivity index is 1.82. The van der Waals surface area contributed by atoms with Crippen LogP contribution in [0.1, 0.15) is 5.56 Å². The second kappa shape index (κ2) is 8.34. The molecule has 0 saturated heterocycles. The molecule has 2 aromatic rings. The molecule has 0 aliphatic heterocycles. The largest absolute Gasteiger partial charge is 0.492 e. The summed E-state index contributed by atoms with van der Waals surface area (Å²) in [4.78, 5) is 13.5. The molecule has 2 aromatic carbocycles. The summed E-state index contributed by atoms with van der Waals surface area (Å²) in [6.45, 7) is 0.753. The fourth-order valence-corrected chi connectivity index (χ4v) is 2.05. The fourth-order valence-electron chi connectivity index (χ4n) is 1.87. The molecule has 0 atom stereocenters. The summed E-state index contributed by atoms with van der Waals surface area (Å²) in [6, 6.07) is 13.4. The minimum Gasteiger partial charge on any atom is -0.492 e. The van der Waals surface area contributed by atoms with E-state index >= 15 is 0 Å². The van der Waals surface area contributed by atoms with Crippen LogP contribution in [0, 0.1) is 5.82 Å². The predicted molar refractivity (Wildman–Crippen MR) is 90.0 cm³/mol. The van der Waals surface area contributed by atoms with Crippen molar-refractivity contribution in [1.82, 2.24) is 4.90 Å². The molecular formula is C18H17ClFNO2. The van der Waals surface area contributed by atoms with Gasteiger partial charge in [-0.25, -0.2) is 4.39 Å². The molecule has 2 rings (SSSR count). The summed E-state index contributed by atoms with van der Waals surface area (Å²) in [5.41, 5.74) is 0.379. The van der Waals surface area contributed by atoms with E-state index in [4.69, 9.17) is 16.3 Å². The second-order valence-electron chi connectivity index (χ2n) is 4.92. The van der Waals surface area contributed by atoms with Gasteiger partial charge in [-0.2, -0.15) is 0 Å². The molecule has 0 saturated carbocycles. The number of hydrogen-bond acceptors (Lipinski definition) is 2. The highest BCUT2D eigenvalue weighted by Crippen LogP contribution is 2.16. The van der Waals surface area contributed by atoms with E-state index < -0.39 is 0 Å². The van der Waals surface area contributed by atoms with E-state index in [0.29, 0.717) is 29.5 Å². The van der Waals surface area contributed by atoms with Crippen molar-refractivity contribution in [2.75, 3.05) is 20.2 Å². The Morgan fingerprint density at radius 3 is 2.78 bits per heavy atom. The third-order valence-electron chi connectivity index (χ3n) is 3.18. The maximum atomic E-state index is 13.5. The monoisotopic (exact) mass is 333 g/mol. The maximum absolute atomic E-state index is 13.5. The van der Waals surface area contributed by atoms with Crippen molar-refractivity contribution < 1.29 is 13.9 Å². The van der Waals surface area contributed by atoms with Crippen LogP contribution in [-0.4, -0.2) is 31.0 Å². The van der Waals surface area contributed by atoms with Gasteiger partial charge in [0.15, 0.2) is 0 Å². The number of carbonyl (C=O) groups is 1. The lowest BCUT2D eigenvalue weighted by molar-refractivity contribution is -0.125. The first-order valence-electron chi connectivity index (χ1n) is 7.12. The molecule has 0 spiro atoms. The van der Waals surface area contributed by atoms with Gasteiger partial charge in [0, 0.05) is 23.7 Å². The molecule has 0 aliphatic carbocycles. The molecule has 5 heteroatoms. The van der Waals surface area contributed by atoms with Crippen LogP contribution in [0.15, 0.2) is 54.6 Å². The van der Waals surface area contributed by atoms with Gasteiger partial charge in [0.1, 0.15) is 18.2 Å². The number of nitrogens with zero attached hydrogens (tertiary/aromatic N) is 1. The zero-order valence-corrected chi connectivity index (χ0v) is 13.5. The lowest BCUT2D eigenvalue weighted by atomic mass is 10.2. The Kier molecular flexibility index (Phi) is 6.18. The maximum Gasteiger partial charge on any atom is 0.246 e. The smallest absolute Gasteiger partial charge is 0.246 e. The van der Waals surface area contributed by atoms with Gasteiger partial charge in [0.2, 0.25) is 5.91 Å². The van der Waals surface area contributed by atoms with Gasteiger partial charge in [-0.05, 0) is 30.3 Å². The molecule has 120 valence electrons. The SMILES string of the molecule is CN(CCOc1cccc(Cl)c1)C(=O)/C=C/c1ccccc1F. The molecule has 0 heterocycles. The summed E-state index contributed by atoms with van der Waals surface area (Å²) < 4.78 is 19.0. The van der Waals surface area contributed by atoms with E-state index in [1.807, 2.05) is 0 Å². The first-order valence-corrected chi connectivity index (χ1v) is 7.50. The quantitative estimate of drug-likeness (QED) is 0.747. The Morgan fingerprint density at radius 1 is 1.26 bits per heavy atom. The molecule has 0 aromatic heterocycles. The number of benzene rings is 2. The van der Waals surface area contributed by atoms with Crippen molar-refractivity contribution in [3.8, 4) is 5.75 Å². The van der Waals surface area contributed by atoms with Crippen LogP contribution in [0.2, 0.25) is 5.02 Å². The number of amides is 1. The summed E-state index contributed by atoms with van der Waals surface area (Å²) in [5.74, 6) is 0.0756. The first kappa shape index (κ1) is 17.0. The third-order valence-corrected chi connectivity index (χ3v) is 3.41. The van der Waals surface area contributed by atoms with Crippen LogP contribution >= 0.6 is 11.6 Å². The minimum atomic E-state index is -0.358. The van der Waals surface area contributed by atoms with E-state index in [2.05, 4.69) is 0 Å².